The van der Waals surface area contributed by atoms with E-state index in [4.69, 9.17) is 0 Å². The van der Waals surface area contributed by atoms with E-state index in [9.17, 15) is 5.11 Å². The largest absolute Gasteiger partial charge is 0.393 e. The lowest BCUT2D eigenvalue weighted by Crippen LogP contribution is -2.54. The van der Waals surface area contributed by atoms with Crippen molar-refractivity contribution in [1.82, 2.24) is 0 Å². The van der Waals surface area contributed by atoms with E-state index >= 15 is 0 Å². The maximum absolute atomic E-state index is 10.3. The van der Waals surface area contributed by atoms with Gasteiger partial charge in [-0.25, -0.2) is 0 Å². The van der Waals surface area contributed by atoms with Crippen molar-refractivity contribution in [2.75, 3.05) is 0 Å². The molecule has 0 heterocycles. The first kappa shape index (κ1) is 22.9. The van der Waals surface area contributed by atoms with Crippen LogP contribution in [0.4, 0.5) is 0 Å². The molecule has 0 aromatic rings. The Balaban J connectivity index is 1.48. The van der Waals surface area contributed by atoms with Crippen molar-refractivity contribution >= 4 is 0 Å². The van der Waals surface area contributed by atoms with Crippen LogP contribution in [-0.4, -0.2) is 11.2 Å². The molecule has 4 fully saturated rings. The van der Waals surface area contributed by atoms with Crippen molar-refractivity contribution in [2.45, 2.75) is 112 Å². The van der Waals surface area contributed by atoms with Crippen LogP contribution >= 0.6 is 0 Å². The number of hydrogen-bond donors (Lipinski definition) is 1. The van der Waals surface area contributed by atoms with Gasteiger partial charge in [0.2, 0.25) is 0 Å². The lowest BCUT2D eigenvalue weighted by Gasteiger charge is -2.61. The molecule has 30 heavy (non-hydrogen) atoms. The molecule has 0 aliphatic heterocycles. The van der Waals surface area contributed by atoms with Crippen molar-refractivity contribution in [1.29, 1.82) is 0 Å². The summed E-state index contributed by atoms with van der Waals surface area (Å²) in [5, 5.41) is 10.3. The minimum atomic E-state index is -0.0217. The highest BCUT2D eigenvalue weighted by Crippen LogP contribution is 2.68. The summed E-state index contributed by atoms with van der Waals surface area (Å²) in [6.07, 6.45) is 13.3. The van der Waals surface area contributed by atoms with Crippen LogP contribution < -0.4 is 0 Å². The molecule has 4 saturated carbocycles. The van der Waals surface area contributed by atoms with E-state index < -0.39 is 0 Å². The summed E-state index contributed by atoms with van der Waals surface area (Å²) in [7, 11) is 0. The monoisotopic (exact) mass is 414 g/mol. The Kier molecular flexibility index (Phi) is 6.28. The lowest BCUT2D eigenvalue weighted by atomic mass is 9.44. The number of hydrogen-bond acceptors (Lipinski definition) is 1. The molecule has 10 atom stereocenters. The molecule has 1 N–H and O–H groups in total. The van der Waals surface area contributed by atoms with E-state index in [0.29, 0.717) is 22.7 Å². The number of aliphatic hydroxyl groups excluding tert-OH is 1. The van der Waals surface area contributed by atoms with Gasteiger partial charge in [-0.15, -0.1) is 0 Å². The third-order valence-corrected chi connectivity index (χ3v) is 11.6. The third kappa shape index (κ3) is 3.64. The van der Waals surface area contributed by atoms with Gasteiger partial charge in [0, 0.05) is 0 Å². The number of rotatable bonds is 5. The molecule has 0 aromatic carbocycles. The van der Waals surface area contributed by atoms with E-state index in [-0.39, 0.29) is 6.10 Å². The molecule has 1 heteroatoms. The first-order chi connectivity index (χ1) is 14.1. The highest BCUT2D eigenvalue weighted by molar-refractivity contribution is 5.11. The van der Waals surface area contributed by atoms with Gasteiger partial charge in [-0.3, -0.25) is 0 Å². The normalized spacial score (nSPS) is 47.9. The van der Waals surface area contributed by atoms with Gasteiger partial charge < -0.3 is 5.11 Å². The van der Waals surface area contributed by atoms with Crippen LogP contribution in [0.3, 0.4) is 0 Å². The Morgan fingerprint density at radius 3 is 2.27 bits per heavy atom. The van der Waals surface area contributed by atoms with Gasteiger partial charge in [-0.2, -0.15) is 0 Å². The molecule has 4 aliphatic rings. The maximum atomic E-state index is 10.3. The molecule has 0 spiro atoms. The van der Waals surface area contributed by atoms with Crippen LogP contribution in [-0.2, 0) is 0 Å². The van der Waals surface area contributed by atoms with E-state index in [1.54, 1.807) is 0 Å². The van der Waals surface area contributed by atoms with Gasteiger partial charge in [-0.1, -0.05) is 53.7 Å². The summed E-state index contributed by atoms with van der Waals surface area (Å²) >= 11 is 0. The van der Waals surface area contributed by atoms with Crippen LogP contribution in [0.1, 0.15) is 106 Å². The highest BCUT2D eigenvalue weighted by atomic mass is 16.3. The average molecular weight is 415 g/mol. The minimum absolute atomic E-state index is 0.0217. The summed E-state index contributed by atoms with van der Waals surface area (Å²) in [5.74, 6) is 6.62. The molecule has 4 aliphatic carbocycles. The van der Waals surface area contributed by atoms with Crippen LogP contribution in [0.25, 0.3) is 0 Å². The summed E-state index contributed by atoms with van der Waals surface area (Å²) < 4.78 is 0. The molecule has 4 rings (SSSR count). The molecule has 0 aromatic heterocycles. The van der Waals surface area contributed by atoms with Crippen molar-refractivity contribution in [3.63, 3.8) is 0 Å². The van der Waals surface area contributed by atoms with Crippen molar-refractivity contribution in [2.24, 2.45) is 58.2 Å². The quantitative estimate of drug-likeness (QED) is 0.454. The molecule has 0 radical (unpaired) electrons. The second-order valence-corrected chi connectivity index (χ2v) is 13.2. The second-order valence-electron chi connectivity index (χ2n) is 13.2. The molecule has 1 nitrogen and oxygen atoms in total. The zero-order valence-electron chi connectivity index (χ0n) is 20.9. The van der Waals surface area contributed by atoms with E-state index in [0.717, 1.165) is 48.3 Å². The number of fused-ring (bicyclic) bond motifs is 5. The Bertz CT molecular complexity index is 636. The fraction of sp³-hybridized carbons (Fsp3) is 0.931. The van der Waals surface area contributed by atoms with E-state index in [1.807, 2.05) is 0 Å². The first-order valence-electron chi connectivity index (χ1n) is 13.4. The molecule has 0 saturated heterocycles. The fourth-order valence-electron chi connectivity index (χ4n) is 9.42. The van der Waals surface area contributed by atoms with E-state index in [2.05, 4.69) is 48.1 Å². The second kappa shape index (κ2) is 8.24. The Hall–Kier alpha value is -0.300. The minimum Gasteiger partial charge on any atom is -0.393 e. The summed E-state index contributed by atoms with van der Waals surface area (Å²) in [4.78, 5) is 0. The van der Waals surface area contributed by atoms with Crippen LogP contribution in [0.2, 0.25) is 0 Å². The van der Waals surface area contributed by atoms with Gasteiger partial charge in [0.1, 0.15) is 0 Å². The van der Waals surface area contributed by atoms with E-state index in [1.165, 1.54) is 56.9 Å². The molecular formula is C29H50O. The predicted molar refractivity (Wildman–Crippen MR) is 128 cm³/mol. The molecule has 0 bridgehead atoms. The molecule has 0 amide bonds. The van der Waals surface area contributed by atoms with Gasteiger partial charge in [0.15, 0.2) is 0 Å². The lowest BCUT2D eigenvalue weighted by molar-refractivity contribution is -0.129. The van der Waals surface area contributed by atoms with Crippen LogP contribution in [0.5, 0.6) is 0 Å². The van der Waals surface area contributed by atoms with Gasteiger partial charge >= 0.3 is 0 Å². The SMILES string of the molecule is C=C(CC(C)C1CCC2C3CCC4CC(O)CCC4(C)C3CCC12C)C(C)C(C)C. The molecular weight excluding hydrogens is 364 g/mol. The molecule has 10 unspecified atom stereocenters. The smallest absolute Gasteiger partial charge is 0.0543 e. The third-order valence-electron chi connectivity index (χ3n) is 11.6. The summed E-state index contributed by atoms with van der Waals surface area (Å²) in [5.41, 5.74) is 2.56. The fourth-order valence-corrected chi connectivity index (χ4v) is 9.42. The van der Waals surface area contributed by atoms with Crippen molar-refractivity contribution < 1.29 is 5.11 Å². The summed E-state index contributed by atoms with van der Waals surface area (Å²) in [6, 6.07) is 0. The zero-order valence-corrected chi connectivity index (χ0v) is 20.9. The van der Waals surface area contributed by atoms with Crippen molar-refractivity contribution in [3.05, 3.63) is 12.2 Å². The van der Waals surface area contributed by atoms with Crippen LogP contribution in [0.15, 0.2) is 12.2 Å². The van der Waals surface area contributed by atoms with Gasteiger partial charge in [0.25, 0.3) is 0 Å². The molecule has 172 valence electrons. The first-order valence-corrected chi connectivity index (χ1v) is 13.4. The predicted octanol–water partition coefficient (Wildman–Crippen LogP) is 7.88. The number of allylic oxidation sites excluding steroid dienone is 1. The summed E-state index contributed by atoms with van der Waals surface area (Å²) in [6.45, 7) is 19.4. The maximum Gasteiger partial charge on any atom is 0.0543 e. The zero-order chi connectivity index (χ0) is 21.8. The van der Waals surface area contributed by atoms with Crippen LogP contribution in [0, 0.1) is 58.2 Å². The van der Waals surface area contributed by atoms with Gasteiger partial charge in [-0.05, 0) is 122 Å². The number of aliphatic hydroxyl groups is 1. The standard InChI is InChI=1S/C29H50O/c1-18(2)21(5)19(3)16-20(4)25-10-11-26-24-9-8-22-17-23(30)12-14-28(22,6)27(24)13-15-29(25,26)7/h18,20-27,30H,3,8-17H2,1-2,4-7H3. The Labute approximate surface area is 187 Å². The topological polar surface area (TPSA) is 20.2 Å². The highest BCUT2D eigenvalue weighted by Gasteiger charge is 2.60. The Morgan fingerprint density at radius 2 is 1.57 bits per heavy atom. The average Bonchev–Trinajstić information content (AvgIpc) is 3.05. The van der Waals surface area contributed by atoms with Gasteiger partial charge in [0.05, 0.1) is 6.10 Å². The Morgan fingerprint density at radius 1 is 0.900 bits per heavy atom. The van der Waals surface area contributed by atoms with Crippen molar-refractivity contribution in [3.8, 4) is 0 Å².